The second-order valence-corrected chi connectivity index (χ2v) is 13.3. The molecule has 0 radical (unpaired) electrons. The number of hydrogen-bond acceptors (Lipinski definition) is 6. The Morgan fingerprint density at radius 2 is 1.72 bits per heavy atom. The molecule has 3 amide bonds. The number of ether oxygens (including phenoxy) is 1. The average molecular weight is 554 g/mol. The molecule has 39 heavy (non-hydrogen) atoms. The molecule has 5 rings (SSSR count). The number of methoxy groups -OCH3 is 1. The number of fused-ring (bicyclic) bond motifs is 2. The van der Waals surface area contributed by atoms with Gasteiger partial charge in [-0.25, -0.2) is 0 Å². The normalized spacial score (nSPS) is 32.7. The van der Waals surface area contributed by atoms with Crippen molar-refractivity contribution in [2.45, 2.75) is 55.7 Å². The molecule has 2 fully saturated rings. The Bertz CT molecular complexity index is 1200. The Morgan fingerprint density at radius 3 is 2.33 bits per heavy atom. The predicted molar refractivity (Wildman–Crippen MR) is 153 cm³/mol. The van der Waals surface area contributed by atoms with Crippen LogP contribution in [0.25, 0.3) is 0 Å². The molecule has 4 aliphatic rings. The zero-order valence-corrected chi connectivity index (χ0v) is 24.2. The van der Waals surface area contributed by atoms with Crippen LogP contribution in [-0.2, 0) is 14.4 Å². The number of likely N-dealkylation sites (tertiary alicyclic amines) is 1. The predicted octanol–water partition coefficient (Wildman–Crippen LogP) is 3.11. The molecule has 1 N–H and O–H groups in total. The first-order valence-corrected chi connectivity index (χ1v) is 14.7. The van der Waals surface area contributed by atoms with Crippen LogP contribution in [0.3, 0.4) is 0 Å². The van der Waals surface area contributed by atoms with E-state index in [-0.39, 0.29) is 30.2 Å². The molecule has 8 nitrogen and oxygen atoms in total. The number of aliphatic hydroxyl groups is 1. The summed E-state index contributed by atoms with van der Waals surface area (Å²) in [4.78, 5) is 48.4. The van der Waals surface area contributed by atoms with Crippen LogP contribution < -0.4 is 9.64 Å². The molecule has 9 heteroatoms. The van der Waals surface area contributed by atoms with E-state index >= 15 is 0 Å². The lowest BCUT2D eigenvalue weighted by Crippen LogP contribution is -2.58. The van der Waals surface area contributed by atoms with E-state index in [0.717, 1.165) is 6.42 Å². The van der Waals surface area contributed by atoms with Crippen LogP contribution >= 0.6 is 11.8 Å². The number of amides is 3. The van der Waals surface area contributed by atoms with E-state index in [9.17, 15) is 19.5 Å². The first-order valence-electron chi connectivity index (χ1n) is 13.9. The Labute approximate surface area is 235 Å². The molecule has 0 aliphatic carbocycles. The maximum absolute atomic E-state index is 14.6. The number of thioether (sulfide) groups is 1. The van der Waals surface area contributed by atoms with Crippen LogP contribution in [0, 0.1) is 17.8 Å². The summed E-state index contributed by atoms with van der Waals surface area (Å²) < 4.78 is 3.72. The highest BCUT2D eigenvalue weighted by molar-refractivity contribution is 8.02. The van der Waals surface area contributed by atoms with E-state index < -0.39 is 33.4 Å². The topological polar surface area (TPSA) is 90.4 Å². The van der Waals surface area contributed by atoms with E-state index in [1.165, 1.54) is 0 Å². The van der Waals surface area contributed by atoms with Gasteiger partial charge in [-0.3, -0.25) is 14.4 Å². The van der Waals surface area contributed by atoms with Crippen LogP contribution in [-0.4, -0.2) is 87.6 Å². The molecular formula is C30H39N3O5S. The molecule has 1 aromatic carbocycles. The third-order valence-corrected chi connectivity index (χ3v) is 10.6. The lowest BCUT2D eigenvalue weighted by Gasteiger charge is -2.41. The quantitative estimate of drug-likeness (QED) is 0.522. The van der Waals surface area contributed by atoms with Crippen LogP contribution in [0.2, 0.25) is 0 Å². The molecule has 0 saturated carbocycles. The van der Waals surface area contributed by atoms with Gasteiger partial charge in [0.15, 0.2) is 0 Å². The Balaban J connectivity index is 1.66. The van der Waals surface area contributed by atoms with E-state index in [2.05, 4.69) is 6.08 Å². The molecule has 0 bridgehead atoms. The van der Waals surface area contributed by atoms with Crippen molar-refractivity contribution < 1.29 is 24.2 Å². The maximum Gasteiger partial charge on any atom is 0.251 e. The monoisotopic (exact) mass is 553 g/mol. The summed E-state index contributed by atoms with van der Waals surface area (Å²) in [6, 6.07) is 5.91. The zero-order valence-electron chi connectivity index (χ0n) is 23.4. The smallest absolute Gasteiger partial charge is 0.251 e. The first-order chi connectivity index (χ1) is 18.6. The number of rotatable bonds is 7. The average Bonchev–Trinajstić information content (AvgIpc) is 3.18. The number of benzene rings is 1. The van der Waals surface area contributed by atoms with Gasteiger partial charge in [-0.2, -0.15) is 0 Å². The third-order valence-electron chi connectivity index (χ3n) is 8.77. The largest absolute Gasteiger partial charge is 0.497 e. The number of aliphatic hydroxyl groups excluding tert-OH is 1. The van der Waals surface area contributed by atoms with Crippen molar-refractivity contribution in [3.05, 3.63) is 48.6 Å². The van der Waals surface area contributed by atoms with E-state index in [1.54, 1.807) is 28.7 Å². The minimum atomic E-state index is -0.938. The van der Waals surface area contributed by atoms with Crippen LogP contribution in [0.1, 0.15) is 34.1 Å². The highest BCUT2D eigenvalue weighted by atomic mass is 32.2. The fraction of sp³-hybridized carbons (Fsp3) is 0.567. The van der Waals surface area contributed by atoms with Crippen molar-refractivity contribution >= 4 is 35.2 Å². The second kappa shape index (κ2) is 10.3. The van der Waals surface area contributed by atoms with Crippen molar-refractivity contribution in [2.24, 2.45) is 17.8 Å². The second-order valence-electron chi connectivity index (χ2n) is 11.5. The third kappa shape index (κ3) is 4.20. The first kappa shape index (κ1) is 27.8. The van der Waals surface area contributed by atoms with Gasteiger partial charge in [-0.1, -0.05) is 45.1 Å². The number of carbonyl (C=O) groups excluding carboxylic acids is 3. The molecule has 4 aliphatic heterocycles. The fourth-order valence-electron chi connectivity index (χ4n) is 6.95. The summed E-state index contributed by atoms with van der Waals surface area (Å²) in [5.41, 5.74) is 0.706. The fourth-order valence-corrected chi connectivity index (χ4v) is 9.10. The van der Waals surface area contributed by atoms with Gasteiger partial charge >= 0.3 is 0 Å². The lowest BCUT2D eigenvalue weighted by atomic mass is 9.74. The lowest BCUT2D eigenvalue weighted by molar-refractivity contribution is -0.146. The maximum atomic E-state index is 14.6. The summed E-state index contributed by atoms with van der Waals surface area (Å²) in [7, 11) is 1.60. The highest BCUT2D eigenvalue weighted by Crippen LogP contribution is 2.66. The Morgan fingerprint density at radius 1 is 1.03 bits per heavy atom. The van der Waals surface area contributed by atoms with Crippen molar-refractivity contribution in [3.63, 3.8) is 0 Å². The van der Waals surface area contributed by atoms with Crippen LogP contribution in [0.4, 0.5) is 5.69 Å². The number of hydrogen-bond donors (Lipinski definition) is 1. The van der Waals surface area contributed by atoms with Crippen molar-refractivity contribution in [3.8, 4) is 5.75 Å². The molecule has 6 atom stereocenters. The summed E-state index contributed by atoms with van der Waals surface area (Å²) in [5.74, 6) is -1.16. The summed E-state index contributed by atoms with van der Waals surface area (Å²) in [6.45, 7) is 9.20. The zero-order chi connectivity index (χ0) is 28.1. The summed E-state index contributed by atoms with van der Waals surface area (Å²) in [5, 5.41) is 10.5. The van der Waals surface area contributed by atoms with Gasteiger partial charge in [0.05, 0.1) is 36.3 Å². The van der Waals surface area contributed by atoms with Gasteiger partial charge in [-0.15, -0.1) is 11.8 Å². The standard InChI is InChI=1S/C30H39N3O5S/c1-6-15-31-16-7-13-29(4)23(26(31)35)24-27(36)33(22(18-34)19(2)3)25-28(37)32(17-8-14-30(24,25)39-29)20-9-11-21(38-5)12-10-20/h7-14,19,22-25,34H,6,15-18H2,1-5H3/t22-,23+,24-,25?,29-,30-/m0/s1. The van der Waals surface area contributed by atoms with Gasteiger partial charge in [0.1, 0.15) is 11.8 Å². The molecule has 2 saturated heterocycles. The van der Waals surface area contributed by atoms with E-state index in [0.29, 0.717) is 31.1 Å². The Kier molecular flexibility index (Phi) is 7.35. The molecule has 1 spiro atoms. The molecule has 4 heterocycles. The SMILES string of the molecule is CCCN1CC=C[C@]2(C)S[C@]34C=CCN(c5ccc(OC)cc5)C(=O)C3N([C@@H](CO)C(C)C)C(=O)[C@@H]4[C@@H]2C1=O. The van der Waals surface area contributed by atoms with Gasteiger partial charge in [0, 0.05) is 30.1 Å². The summed E-state index contributed by atoms with van der Waals surface area (Å²) >= 11 is 1.57. The molecule has 1 unspecified atom stereocenters. The van der Waals surface area contributed by atoms with E-state index in [1.807, 2.05) is 75.1 Å². The Hall–Kier alpha value is -2.78. The molecule has 210 valence electrons. The van der Waals surface area contributed by atoms with Crippen LogP contribution in [0.15, 0.2) is 48.6 Å². The van der Waals surface area contributed by atoms with Crippen molar-refractivity contribution in [1.82, 2.24) is 9.80 Å². The molecule has 1 aromatic rings. The number of anilines is 1. The van der Waals surface area contributed by atoms with Gasteiger partial charge < -0.3 is 24.5 Å². The van der Waals surface area contributed by atoms with Gasteiger partial charge in [-0.05, 0) is 43.5 Å². The minimum absolute atomic E-state index is 0.0325. The number of nitrogens with zero attached hydrogens (tertiary/aromatic N) is 3. The highest BCUT2D eigenvalue weighted by Gasteiger charge is 2.74. The van der Waals surface area contributed by atoms with Crippen molar-refractivity contribution in [1.29, 1.82) is 0 Å². The van der Waals surface area contributed by atoms with Crippen LogP contribution in [0.5, 0.6) is 5.75 Å². The van der Waals surface area contributed by atoms with E-state index in [4.69, 9.17) is 4.74 Å². The molecular weight excluding hydrogens is 514 g/mol. The van der Waals surface area contributed by atoms with Gasteiger partial charge in [0.25, 0.3) is 5.91 Å². The number of carbonyl (C=O) groups is 3. The van der Waals surface area contributed by atoms with Gasteiger partial charge in [0.2, 0.25) is 11.8 Å². The molecule has 0 aromatic heterocycles. The minimum Gasteiger partial charge on any atom is -0.497 e. The van der Waals surface area contributed by atoms with Crippen molar-refractivity contribution in [2.75, 3.05) is 38.3 Å². The summed E-state index contributed by atoms with van der Waals surface area (Å²) in [6.07, 6.45) is 8.92.